The Balaban J connectivity index is 1.60. The Morgan fingerprint density at radius 3 is 2.53 bits per heavy atom. The van der Waals surface area contributed by atoms with Crippen molar-refractivity contribution in [1.29, 1.82) is 0 Å². The molecule has 0 aliphatic carbocycles. The van der Waals surface area contributed by atoms with Gasteiger partial charge in [-0.15, -0.1) is 0 Å². The zero-order chi connectivity index (χ0) is 24.2. The number of fused-ring (bicyclic) bond motifs is 1. The molecule has 1 fully saturated rings. The van der Waals surface area contributed by atoms with Crippen molar-refractivity contribution in [2.24, 2.45) is 0 Å². The van der Waals surface area contributed by atoms with Gasteiger partial charge in [0.05, 0.1) is 28.5 Å². The van der Waals surface area contributed by atoms with E-state index in [4.69, 9.17) is 16.3 Å². The number of benzene rings is 3. The van der Waals surface area contributed by atoms with Gasteiger partial charge >= 0.3 is 0 Å². The molecule has 3 aromatic carbocycles. The standard InChI is InChI=1S/C26H27BrClN3O3/c1-3-6-23(32)31-13-11-30(12-14-31)22-10-9-18(28)16-21(22)29-26(33)20-15-17-7-4-5-8-19(17)24(27)25(20)34-2/h4-5,7-10,15-16H,3,6,11-14H2,1-2H3,(H,29,33). The number of carbonyl (C=O) groups excluding carboxylic acids is 2. The first-order valence-corrected chi connectivity index (χ1v) is 12.5. The van der Waals surface area contributed by atoms with Crippen molar-refractivity contribution in [3.8, 4) is 5.75 Å². The Bertz CT molecular complexity index is 1230. The van der Waals surface area contributed by atoms with Gasteiger partial charge in [0, 0.05) is 37.6 Å². The molecule has 1 N–H and O–H groups in total. The molecule has 178 valence electrons. The van der Waals surface area contributed by atoms with Gasteiger partial charge < -0.3 is 19.9 Å². The summed E-state index contributed by atoms with van der Waals surface area (Å²) in [6.45, 7) is 4.69. The number of ether oxygens (including phenoxy) is 1. The average Bonchev–Trinajstić information content (AvgIpc) is 2.84. The Morgan fingerprint density at radius 2 is 1.82 bits per heavy atom. The van der Waals surface area contributed by atoms with E-state index in [1.54, 1.807) is 13.2 Å². The highest BCUT2D eigenvalue weighted by atomic mass is 79.9. The van der Waals surface area contributed by atoms with Gasteiger partial charge in [-0.05, 0) is 57.4 Å². The van der Waals surface area contributed by atoms with E-state index in [1.807, 2.05) is 54.3 Å². The number of nitrogens with zero attached hydrogens (tertiary/aromatic N) is 2. The summed E-state index contributed by atoms with van der Waals surface area (Å²) < 4.78 is 6.32. The molecule has 1 aliphatic rings. The van der Waals surface area contributed by atoms with Crippen LogP contribution in [0.25, 0.3) is 10.8 Å². The number of anilines is 2. The molecule has 6 nitrogen and oxygen atoms in total. The van der Waals surface area contributed by atoms with Crippen LogP contribution in [0.1, 0.15) is 30.1 Å². The lowest BCUT2D eigenvalue weighted by Crippen LogP contribution is -2.48. The van der Waals surface area contributed by atoms with Gasteiger partial charge in [0.25, 0.3) is 5.91 Å². The molecule has 1 saturated heterocycles. The van der Waals surface area contributed by atoms with E-state index in [-0.39, 0.29) is 11.8 Å². The predicted octanol–water partition coefficient (Wildman–Crippen LogP) is 5.97. The summed E-state index contributed by atoms with van der Waals surface area (Å²) in [5.74, 6) is 0.382. The highest BCUT2D eigenvalue weighted by Crippen LogP contribution is 2.38. The topological polar surface area (TPSA) is 61.9 Å². The van der Waals surface area contributed by atoms with Crippen LogP contribution in [-0.4, -0.2) is 50.0 Å². The monoisotopic (exact) mass is 543 g/mol. The first-order chi connectivity index (χ1) is 16.4. The van der Waals surface area contributed by atoms with E-state index in [0.717, 1.165) is 27.4 Å². The normalized spacial score (nSPS) is 13.8. The Kier molecular flexibility index (Phi) is 7.63. The number of hydrogen-bond donors (Lipinski definition) is 1. The minimum atomic E-state index is -0.288. The second-order valence-electron chi connectivity index (χ2n) is 8.23. The molecule has 3 aromatic rings. The lowest BCUT2D eigenvalue weighted by Gasteiger charge is -2.37. The zero-order valence-corrected chi connectivity index (χ0v) is 21.6. The number of halogens is 2. The number of methoxy groups -OCH3 is 1. The average molecular weight is 545 g/mol. The SMILES string of the molecule is CCCC(=O)N1CCN(c2ccc(Cl)cc2NC(=O)c2cc3ccccc3c(Br)c2OC)CC1. The number of amides is 2. The lowest BCUT2D eigenvalue weighted by atomic mass is 10.0. The van der Waals surface area contributed by atoms with Crippen LogP contribution in [0.4, 0.5) is 11.4 Å². The smallest absolute Gasteiger partial charge is 0.259 e. The number of piperazine rings is 1. The summed E-state index contributed by atoms with van der Waals surface area (Å²) in [6, 6.07) is 15.1. The minimum Gasteiger partial charge on any atom is -0.495 e. The van der Waals surface area contributed by atoms with E-state index in [1.165, 1.54) is 0 Å². The van der Waals surface area contributed by atoms with Crippen LogP contribution in [0, 0.1) is 0 Å². The number of nitrogens with one attached hydrogen (secondary N) is 1. The Morgan fingerprint density at radius 1 is 1.09 bits per heavy atom. The van der Waals surface area contributed by atoms with Crippen LogP contribution in [0.15, 0.2) is 53.0 Å². The second-order valence-corrected chi connectivity index (χ2v) is 9.46. The van der Waals surface area contributed by atoms with E-state index in [2.05, 4.69) is 26.1 Å². The van der Waals surface area contributed by atoms with Crippen LogP contribution in [0.3, 0.4) is 0 Å². The first-order valence-electron chi connectivity index (χ1n) is 11.3. The van der Waals surface area contributed by atoms with Crippen molar-refractivity contribution in [1.82, 2.24) is 4.90 Å². The largest absolute Gasteiger partial charge is 0.495 e. The molecule has 0 radical (unpaired) electrons. The molecule has 1 aliphatic heterocycles. The van der Waals surface area contributed by atoms with Crippen LogP contribution in [-0.2, 0) is 4.79 Å². The molecule has 0 bridgehead atoms. The fourth-order valence-electron chi connectivity index (χ4n) is 4.30. The molecule has 34 heavy (non-hydrogen) atoms. The third-order valence-corrected chi connectivity index (χ3v) is 7.06. The van der Waals surface area contributed by atoms with Crippen LogP contribution >= 0.6 is 27.5 Å². The minimum absolute atomic E-state index is 0.195. The van der Waals surface area contributed by atoms with Gasteiger partial charge in [0.1, 0.15) is 5.75 Å². The summed E-state index contributed by atoms with van der Waals surface area (Å²) in [5, 5.41) is 5.47. The van der Waals surface area contributed by atoms with Crippen molar-refractivity contribution in [2.75, 3.05) is 43.5 Å². The van der Waals surface area contributed by atoms with Gasteiger partial charge in [-0.25, -0.2) is 0 Å². The van der Waals surface area contributed by atoms with Gasteiger partial charge in [0.2, 0.25) is 5.91 Å². The maximum Gasteiger partial charge on any atom is 0.259 e. The summed E-state index contributed by atoms with van der Waals surface area (Å²) in [4.78, 5) is 29.8. The fourth-order valence-corrected chi connectivity index (χ4v) is 5.20. The van der Waals surface area contributed by atoms with Crippen LogP contribution < -0.4 is 15.0 Å². The molecule has 1 heterocycles. The van der Waals surface area contributed by atoms with Gasteiger partial charge in [-0.3, -0.25) is 9.59 Å². The van der Waals surface area contributed by atoms with Gasteiger partial charge in [-0.1, -0.05) is 42.8 Å². The van der Waals surface area contributed by atoms with Crippen molar-refractivity contribution in [3.63, 3.8) is 0 Å². The fraction of sp³-hybridized carbons (Fsp3) is 0.308. The van der Waals surface area contributed by atoms with E-state index in [9.17, 15) is 9.59 Å². The Labute approximate surface area is 212 Å². The van der Waals surface area contributed by atoms with Gasteiger partial charge in [-0.2, -0.15) is 0 Å². The molecule has 4 rings (SSSR count). The summed E-state index contributed by atoms with van der Waals surface area (Å²) in [6.07, 6.45) is 1.42. The number of hydrogen-bond acceptors (Lipinski definition) is 4. The van der Waals surface area contributed by atoms with Crippen LogP contribution in [0.2, 0.25) is 5.02 Å². The highest BCUT2D eigenvalue weighted by Gasteiger charge is 2.24. The van der Waals surface area contributed by atoms with Gasteiger partial charge in [0.15, 0.2) is 0 Å². The molecule has 0 spiro atoms. The molecular formula is C26H27BrClN3O3. The summed E-state index contributed by atoms with van der Waals surface area (Å²) in [5.41, 5.74) is 1.92. The predicted molar refractivity (Wildman–Crippen MR) is 141 cm³/mol. The lowest BCUT2D eigenvalue weighted by molar-refractivity contribution is -0.131. The highest BCUT2D eigenvalue weighted by molar-refractivity contribution is 9.10. The van der Waals surface area contributed by atoms with Crippen molar-refractivity contribution in [2.45, 2.75) is 19.8 Å². The van der Waals surface area contributed by atoms with E-state index < -0.39 is 0 Å². The maximum atomic E-state index is 13.4. The molecule has 0 atom stereocenters. The molecule has 0 aromatic heterocycles. The van der Waals surface area contributed by atoms with Crippen molar-refractivity contribution < 1.29 is 14.3 Å². The Hall–Kier alpha value is -2.77. The van der Waals surface area contributed by atoms with Crippen molar-refractivity contribution >= 4 is 61.5 Å². The molecule has 2 amide bonds. The van der Waals surface area contributed by atoms with Crippen LogP contribution in [0.5, 0.6) is 5.75 Å². The quantitative estimate of drug-likeness (QED) is 0.416. The zero-order valence-electron chi connectivity index (χ0n) is 19.2. The van der Waals surface area contributed by atoms with E-state index >= 15 is 0 Å². The third-order valence-electron chi connectivity index (χ3n) is 6.03. The van der Waals surface area contributed by atoms with Crippen molar-refractivity contribution in [3.05, 3.63) is 63.6 Å². The number of rotatable bonds is 6. The molecule has 0 unspecified atom stereocenters. The molecular weight excluding hydrogens is 518 g/mol. The second kappa shape index (κ2) is 10.7. The summed E-state index contributed by atoms with van der Waals surface area (Å²) >= 11 is 9.89. The third kappa shape index (κ3) is 5.00. The molecule has 0 saturated carbocycles. The number of carbonyl (C=O) groups is 2. The van der Waals surface area contributed by atoms with E-state index in [0.29, 0.717) is 54.6 Å². The summed E-state index contributed by atoms with van der Waals surface area (Å²) in [7, 11) is 1.55. The first kappa shape index (κ1) is 24.4. The maximum absolute atomic E-state index is 13.4. The molecule has 8 heteroatoms.